The number of nitrogens with one attached hydrogen (secondary N) is 1. The maximum atomic E-state index is 14.3. The van der Waals surface area contributed by atoms with Crippen molar-refractivity contribution in [1.82, 2.24) is 20.3 Å². The molecule has 5 heterocycles. The molecule has 1 N–H and O–H groups in total. The zero-order valence-corrected chi connectivity index (χ0v) is 23.4. The third-order valence-electron chi connectivity index (χ3n) is 7.11. The van der Waals surface area contributed by atoms with Crippen LogP contribution in [0.3, 0.4) is 0 Å². The second-order valence-electron chi connectivity index (χ2n) is 9.87. The average Bonchev–Trinajstić information content (AvgIpc) is 3.10. The van der Waals surface area contributed by atoms with Gasteiger partial charge in [-0.05, 0) is 54.8 Å². The van der Waals surface area contributed by atoms with Crippen LogP contribution < -0.4 is 15.0 Å². The van der Waals surface area contributed by atoms with Gasteiger partial charge in [-0.25, -0.2) is 31.6 Å². The first kappa shape index (κ1) is 28.2. The molecule has 6 rings (SSSR count). The summed E-state index contributed by atoms with van der Waals surface area (Å²) >= 11 is 6.20. The molecule has 0 aliphatic carbocycles. The number of aryl methyl sites for hydroxylation is 1. The van der Waals surface area contributed by atoms with Crippen LogP contribution in [-0.2, 0) is 22.8 Å². The number of aromatic nitrogens is 3. The summed E-state index contributed by atoms with van der Waals surface area (Å²) < 4.78 is 71.5. The Morgan fingerprint density at radius 1 is 1.17 bits per heavy atom. The summed E-state index contributed by atoms with van der Waals surface area (Å²) in [6.07, 6.45) is 0.0903. The topological polar surface area (TPSA) is 114 Å². The van der Waals surface area contributed by atoms with Gasteiger partial charge >= 0.3 is 0 Å². The minimum absolute atomic E-state index is 0.0315. The van der Waals surface area contributed by atoms with Crippen molar-refractivity contribution >= 4 is 49.9 Å². The number of pyridine rings is 3. The zero-order chi connectivity index (χ0) is 29.6. The molecule has 2 aliphatic rings. The molecule has 2 aliphatic heterocycles. The van der Waals surface area contributed by atoms with Gasteiger partial charge in [-0.2, -0.15) is 0 Å². The third kappa shape index (κ3) is 5.22. The summed E-state index contributed by atoms with van der Waals surface area (Å²) in [5, 5.41) is 3.27. The number of hydrogen-bond donors (Lipinski definition) is 1. The number of amides is 1. The van der Waals surface area contributed by atoms with Crippen molar-refractivity contribution in [2.24, 2.45) is 0 Å². The molecular formula is C28H23ClF3N5O4S. The highest BCUT2D eigenvalue weighted by Crippen LogP contribution is 2.39. The van der Waals surface area contributed by atoms with E-state index < -0.39 is 32.6 Å². The zero-order valence-electron chi connectivity index (χ0n) is 21.9. The second-order valence-corrected chi connectivity index (χ2v) is 12.3. The summed E-state index contributed by atoms with van der Waals surface area (Å²) in [5.74, 6) is 0.170. The standard InChI is InChI=1S/C28H23ClF3N5O4S/c29-19-10-17(11-22-25(19)41-9-7-23(30)42(22,39)40)28(38)34-14-18-12-21-16(13-33-18)4-6-24(35-21)37-8-1-2-15-3-5-20(26(31)32)36-27(15)37/h3-6,10-13,23,26H,1-2,7-9,14H2,(H,34,38)/t23-/m1/s1. The van der Waals surface area contributed by atoms with Gasteiger partial charge in [0.2, 0.25) is 15.3 Å². The first-order chi connectivity index (χ1) is 20.1. The molecule has 42 heavy (non-hydrogen) atoms. The first-order valence-corrected chi connectivity index (χ1v) is 15.0. The molecule has 3 aromatic heterocycles. The van der Waals surface area contributed by atoms with E-state index >= 15 is 0 Å². The number of anilines is 2. The van der Waals surface area contributed by atoms with Crippen LogP contribution in [0.5, 0.6) is 5.75 Å². The minimum Gasteiger partial charge on any atom is -0.490 e. The lowest BCUT2D eigenvalue weighted by molar-refractivity contribution is 0.0950. The van der Waals surface area contributed by atoms with E-state index in [2.05, 4.69) is 15.3 Å². The van der Waals surface area contributed by atoms with Gasteiger partial charge in [-0.3, -0.25) is 9.78 Å². The number of sulfone groups is 1. The number of alkyl halides is 3. The Labute approximate surface area is 243 Å². The largest absolute Gasteiger partial charge is 0.490 e. The molecule has 0 fully saturated rings. The molecule has 9 nitrogen and oxygen atoms in total. The van der Waals surface area contributed by atoms with E-state index in [1.807, 2.05) is 11.0 Å². The lowest BCUT2D eigenvalue weighted by Gasteiger charge is -2.29. The average molecular weight is 618 g/mol. The van der Waals surface area contributed by atoms with Gasteiger partial charge in [-0.1, -0.05) is 17.7 Å². The van der Waals surface area contributed by atoms with Crippen LogP contribution in [0.1, 0.15) is 46.6 Å². The highest BCUT2D eigenvalue weighted by atomic mass is 35.5. The van der Waals surface area contributed by atoms with Crippen molar-refractivity contribution in [3.8, 4) is 5.75 Å². The van der Waals surface area contributed by atoms with Crippen LogP contribution in [0.2, 0.25) is 5.02 Å². The van der Waals surface area contributed by atoms with Crippen LogP contribution in [0, 0.1) is 0 Å². The van der Waals surface area contributed by atoms with Crippen molar-refractivity contribution in [2.75, 3.05) is 18.1 Å². The summed E-state index contributed by atoms with van der Waals surface area (Å²) in [6.45, 7) is 0.363. The Morgan fingerprint density at radius 3 is 2.81 bits per heavy atom. The highest BCUT2D eigenvalue weighted by Gasteiger charge is 2.35. The van der Waals surface area contributed by atoms with Gasteiger partial charge in [0.25, 0.3) is 12.3 Å². The van der Waals surface area contributed by atoms with Crippen molar-refractivity contribution in [3.63, 3.8) is 0 Å². The molecule has 218 valence electrons. The Hall–Kier alpha value is -3.97. The van der Waals surface area contributed by atoms with Crippen molar-refractivity contribution in [3.05, 3.63) is 76.2 Å². The summed E-state index contributed by atoms with van der Waals surface area (Å²) in [6, 6.07) is 10.6. The van der Waals surface area contributed by atoms with Gasteiger partial charge in [0.15, 0.2) is 5.75 Å². The number of halogens is 4. The number of ether oxygens (including phenoxy) is 1. The van der Waals surface area contributed by atoms with Crippen LogP contribution in [-0.4, -0.2) is 47.9 Å². The van der Waals surface area contributed by atoms with Gasteiger partial charge < -0.3 is 15.0 Å². The first-order valence-electron chi connectivity index (χ1n) is 13.1. The maximum Gasteiger partial charge on any atom is 0.280 e. The Balaban J connectivity index is 1.24. The number of benzene rings is 1. The highest BCUT2D eigenvalue weighted by molar-refractivity contribution is 7.92. The molecule has 1 amide bonds. The molecule has 0 unspecified atom stereocenters. The fourth-order valence-electron chi connectivity index (χ4n) is 4.96. The van der Waals surface area contributed by atoms with Crippen LogP contribution in [0.25, 0.3) is 10.9 Å². The molecule has 0 saturated carbocycles. The fraction of sp³-hybridized carbons (Fsp3) is 0.286. The lowest BCUT2D eigenvalue weighted by atomic mass is 10.0. The van der Waals surface area contributed by atoms with E-state index in [4.69, 9.17) is 21.3 Å². The van der Waals surface area contributed by atoms with E-state index in [-0.39, 0.29) is 41.6 Å². The summed E-state index contributed by atoms with van der Waals surface area (Å²) in [7, 11) is -4.39. The van der Waals surface area contributed by atoms with E-state index in [1.165, 1.54) is 12.1 Å². The lowest BCUT2D eigenvalue weighted by Crippen LogP contribution is -2.27. The van der Waals surface area contributed by atoms with Crippen LogP contribution in [0.15, 0.2) is 53.6 Å². The molecule has 0 saturated heterocycles. The van der Waals surface area contributed by atoms with Crippen molar-refractivity contribution < 1.29 is 31.1 Å². The number of carbonyl (C=O) groups is 1. The number of fused-ring (bicyclic) bond motifs is 3. The minimum atomic E-state index is -4.39. The summed E-state index contributed by atoms with van der Waals surface area (Å²) in [4.78, 5) is 27.6. The SMILES string of the molecule is O=C(NCc1cc2nc(N3CCCc4ccc(C(F)F)nc43)ccc2cn1)c1cc(Cl)c2c(c1)S(=O)(=O)[C@@H](F)CCO2. The van der Waals surface area contributed by atoms with E-state index in [0.717, 1.165) is 29.9 Å². The monoisotopic (exact) mass is 617 g/mol. The predicted molar refractivity (Wildman–Crippen MR) is 149 cm³/mol. The molecule has 1 atom stereocenters. The maximum absolute atomic E-state index is 14.3. The Kier molecular flexibility index (Phi) is 7.39. The number of hydrogen-bond acceptors (Lipinski definition) is 8. The normalized spacial score (nSPS) is 17.7. The van der Waals surface area contributed by atoms with Crippen LogP contribution in [0.4, 0.5) is 24.8 Å². The van der Waals surface area contributed by atoms with Gasteiger partial charge in [0.1, 0.15) is 22.2 Å². The van der Waals surface area contributed by atoms with E-state index in [1.54, 1.807) is 24.4 Å². The molecule has 14 heteroatoms. The summed E-state index contributed by atoms with van der Waals surface area (Å²) in [5.41, 5.74) is -0.667. The molecule has 0 spiro atoms. The Bertz CT molecular complexity index is 1830. The molecular weight excluding hydrogens is 595 g/mol. The van der Waals surface area contributed by atoms with Gasteiger partial charge in [-0.15, -0.1) is 0 Å². The smallest absolute Gasteiger partial charge is 0.280 e. The van der Waals surface area contributed by atoms with Crippen LogP contribution >= 0.6 is 11.6 Å². The number of nitrogens with zero attached hydrogens (tertiary/aromatic N) is 4. The molecule has 4 aromatic rings. The second kappa shape index (κ2) is 11.0. The third-order valence-corrected chi connectivity index (χ3v) is 9.22. The predicted octanol–water partition coefficient (Wildman–Crippen LogP) is 5.48. The number of rotatable bonds is 5. The van der Waals surface area contributed by atoms with Gasteiger partial charge in [0, 0.05) is 30.1 Å². The van der Waals surface area contributed by atoms with Crippen molar-refractivity contribution in [2.45, 2.75) is 42.6 Å². The fourth-order valence-corrected chi connectivity index (χ4v) is 6.69. The molecule has 0 radical (unpaired) electrons. The van der Waals surface area contributed by atoms with E-state index in [9.17, 15) is 26.4 Å². The molecule has 1 aromatic carbocycles. The number of carbonyl (C=O) groups excluding carboxylic acids is 1. The quantitative estimate of drug-likeness (QED) is 0.313. The van der Waals surface area contributed by atoms with Gasteiger partial charge in [0.05, 0.1) is 29.4 Å². The molecule has 0 bridgehead atoms. The van der Waals surface area contributed by atoms with E-state index in [0.29, 0.717) is 29.4 Å². The Morgan fingerprint density at radius 2 is 2.00 bits per heavy atom. The van der Waals surface area contributed by atoms with Crippen molar-refractivity contribution in [1.29, 1.82) is 0 Å².